The van der Waals surface area contributed by atoms with Crippen LogP contribution in [0.25, 0.3) is 0 Å². The highest BCUT2D eigenvalue weighted by molar-refractivity contribution is 5.64. The molecule has 142 valence electrons. The molecule has 0 atom stereocenters. The van der Waals surface area contributed by atoms with Gasteiger partial charge in [0, 0.05) is 44.6 Å². The van der Waals surface area contributed by atoms with Gasteiger partial charge >= 0.3 is 6.18 Å². The van der Waals surface area contributed by atoms with Crippen LogP contribution < -0.4 is 4.90 Å². The summed E-state index contributed by atoms with van der Waals surface area (Å²) in [7, 11) is 1.88. The van der Waals surface area contributed by atoms with Crippen LogP contribution in [0.2, 0.25) is 0 Å². The van der Waals surface area contributed by atoms with E-state index in [9.17, 15) is 13.2 Å². The van der Waals surface area contributed by atoms with Crippen molar-refractivity contribution < 1.29 is 13.2 Å². The Labute approximate surface area is 152 Å². The molecular formula is C19H25F3N4. The van der Waals surface area contributed by atoms with E-state index < -0.39 is 12.6 Å². The SMILES string of the molecule is CC(C)N(c1ccc2c(c1)CN(CCC(F)(F)F)CC2)c1cnn(C)c1. The maximum Gasteiger partial charge on any atom is 0.390 e. The van der Waals surface area contributed by atoms with Gasteiger partial charge < -0.3 is 4.90 Å². The van der Waals surface area contributed by atoms with Gasteiger partial charge in [-0.2, -0.15) is 18.3 Å². The third kappa shape index (κ3) is 4.38. The third-order valence-corrected chi connectivity index (χ3v) is 4.76. The van der Waals surface area contributed by atoms with Gasteiger partial charge in [-0.05, 0) is 43.5 Å². The smallest absolute Gasteiger partial charge is 0.336 e. The number of aromatic nitrogens is 2. The van der Waals surface area contributed by atoms with Crippen molar-refractivity contribution in [2.75, 3.05) is 18.0 Å². The van der Waals surface area contributed by atoms with Crippen LogP contribution in [0.4, 0.5) is 24.5 Å². The molecule has 26 heavy (non-hydrogen) atoms. The van der Waals surface area contributed by atoms with Crippen LogP contribution in [0.15, 0.2) is 30.6 Å². The molecule has 0 aliphatic carbocycles. The number of halogens is 3. The summed E-state index contributed by atoms with van der Waals surface area (Å²) in [5.74, 6) is 0. The van der Waals surface area contributed by atoms with Gasteiger partial charge in [-0.15, -0.1) is 0 Å². The van der Waals surface area contributed by atoms with Gasteiger partial charge in [0.1, 0.15) is 0 Å². The van der Waals surface area contributed by atoms with E-state index in [4.69, 9.17) is 0 Å². The Morgan fingerprint density at radius 2 is 1.96 bits per heavy atom. The van der Waals surface area contributed by atoms with Crippen LogP contribution in [0.5, 0.6) is 0 Å². The Hall–Kier alpha value is -2.02. The summed E-state index contributed by atoms with van der Waals surface area (Å²) in [6, 6.07) is 6.55. The van der Waals surface area contributed by atoms with E-state index in [1.165, 1.54) is 5.56 Å². The average Bonchev–Trinajstić information content (AvgIpc) is 2.97. The number of anilines is 2. The molecule has 0 spiro atoms. The topological polar surface area (TPSA) is 24.3 Å². The summed E-state index contributed by atoms with van der Waals surface area (Å²) in [6.07, 6.45) is -0.265. The first kappa shape index (κ1) is 18.8. The number of rotatable bonds is 5. The molecule has 0 saturated heterocycles. The monoisotopic (exact) mass is 366 g/mol. The lowest BCUT2D eigenvalue weighted by Gasteiger charge is -2.32. The second-order valence-corrected chi connectivity index (χ2v) is 7.18. The lowest BCUT2D eigenvalue weighted by molar-refractivity contribution is -0.138. The first-order valence-electron chi connectivity index (χ1n) is 8.92. The van der Waals surface area contributed by atoms with Crippen LogP contribution in [-0.4, -0.2) is 40.0 Å². The van der Waals surface area contributed by atoms with Crippen molar-refractivity contribution in [2.24, 2.45) is 7.05 Å². The van der Waals surface area contributed by atoms with Gasteiger partial charge in [-0.25, -0.2) is 0 Å². The zero-order valence-electron chi connectivity index (χ0n) is 15.4. The Bertz CT molecular complexity index is 751. The molecule has 0 saturated carbocycles. The fourth-order valence-electron chi connectivity index (χ4n) is 3.51. The Balaban J connectivity index is 1.81. The van der Waals surface area contributed by atoms with E-state index in [1.54, 1.807) is 4.68 Å². The predicted molar refractivity (Wildman–Crippen MR) is 96.6 cm³/mol. The molecule has 0 amide bonds. The highest BCUT2D eigenvalue weighted by Crippen LogP contribution is 2.31. The van der Waals surface area contributed by atoms with Gasteiger partial charge in [0.25, 0.3) is 0 Å². The fraction of sp³-hybridized carbons (Fsp3) is 0.526. The van der Waals surface area contributed by atoms with E-state index in [0.29, 0.717) is 13.1 Å². The summed E-state index contributed by atoms with van der Waals surface area (Å²) < 4.78 is 39.3. The van der Waals surface area contributed by atoms with Crippen molar-refractivity contribution in [3.63, 3.8) is 0 Å². The molecule has 1 aliphatic heterocycles. The molecule has 4 nitrogen and oxygen atoms in total. The molecule has 3 rings (SSSR count). The second kappa shape index (κ2) is 7.31. The highest BCUT2D eigenvalue weighted by Gasteiger charge is 2.29. The number of nitrogens with zero attached hydrogens (tertiary/aromatic N) is 4. The first-order valence-corrected chi connectivity index (χ1v) is 8.92. The molecule has 1 aromatic heterocycles. The predicted octanol–water partition coefficient (Wildman–Crippen LogP) is 4.28. The zero-order chi connectivity index (χ0) is 18.9. The van der Waals surface area contributed by atoms with Gasteiger partial charge in [-0.1, -0.05) is 6.07 Å². The standard InChI is InChI=1S/C19H25F3N4/c1-14(2)26(18-11-23-24(3)13-18)17-5-4-15-6-8-25(12-16(15)10-17)9-7-19(20,21)22/h4-5,10-11,13-14H,6-9,12H2,1-3H3. The fourth-order valence-corrected chi connectivity index (χ4v) is 3.51. The maximum absolute atomic E-state index is 12.5. The quantitative estimate of drug-likeness (QED) is 0.790. The summed E-state index contributed by atoms with van der Waals surface area (Å²) in [6.45, 7) is 5.53. The van der Waals surface area contributed by atoms with Crippen molar-refractivity contribution in [2.45, 2.75) is 45.5 Å². The molecule has 1 aromatic carbocycles. The van der Waals surface area contributed by atoms with Crippen molar-refractivity contribution in [1.82, 2.24) is 14.7 Å². The molecule has 0 bridgehead atoms. The summed E-state index contributed by atoms with van der Waals surface area (Å²) in [5, 5.41) is 4.25. The molecule has 0 N–H and O–H groups in total. The number of benzene rings is 1. The normalized spacial score (nSPS) is 15.3. The van der Waals surface area contributed by atoms with Crippen LogP contribution in [0.3, 0.4) is 0 Å². The van der Waals surface area contributed by atoms with E-state index in [-0.39, 0.29) is 12.6 Å². The molecule has 1 aliphatic rings. The minimum absolute atomic E-state index is 0.0592. The molecule has 0 radical (unpaired) electrons. The minimum Gasteiger partial charge on any atom is -0.336 e. The third-order valence-electron chi connectivity index (χ3n) is 4.76. The van der Waals surface area contributed by atoms with Gasteiger partial charge in [0.15, 0.2) is 0 Å². The molecule has 2 heterocycles. The van der Waals surface area contributed by atoms with Gasteiger partial charge in [0.2, 0.25) is 0 Å². The van der Waals surface area contributed by atoms with Crippen LogP contribution >= 0.6 is 0 Å². The van der Waals surface area contributed by atoms with Crippen molar-refractivity contribution >= 4 is 11.4 Å². The lowest BCUT2D eigenvalue weighted by atomic mass is 9.98. The summed E-state index contributed by atoms with van der Waals surface area (Å²) >= 11 is 0. The summed E-state index contributed by atoms with van der Waals surface area (Å²) in [4.78, 5) is 4.09. The molecule has 2 aromatic rings. The molecule has 0 fully saturated rings. The number of aryl methyl sites for hydroxylation is 1. The molecular weight excluding hydrogens is 341 g/mol. The number of hydrogen-bond acceptors (Lipinski definition) is 3. The Morgan fingerprint density at radius 3 is 2.58 bits per heavy atom. The Kier molecular flexibility index (Phi) is 5.27. The average molecular weight is 366 g/mol. The van der Waals surface area contributed by atoms with Crippen LogP contribution in [0.1, 0.15) is 31.4 Å². The minimum atomic E-state index is -4.10. The number of fused-ring (bicyclic) bond motifs is 1. The van der Waals surface area contributed by atoms with E-state index in [2.05, 4.69) is 42.0 Å². The second-order valence-electron chi connectivity index (χ2n) is 7.18. The van der Waals surface area contributed by atoms with Crippen LogP contribution in [-0.2, 0) is 20.0 Å². The first-order chi connectivity index (χ1) is 12.2. The zero-order valence-corrected chi connectivity index (χ0v) is 15.4. The maximum atomic E-state index is 12.5. The van der Waals surface area contributed by atoms with Crippen molar-refractivity contribution in [1.29, 1.82) is 0 Å². The number of alkyl halides is 3. The van der Waals surface area contributed by atoms with Gasteiger partial charge in [-0.3, -0.25) is 9.58 Å². The number of hydrogen-bond donors (Lipinski definition) is 0. The highest BCUT2D eigenvalue weighted by atomic mass is 19.4. The van der Waals surface area contributed by atoms with Crippen LogP contribution in [0, 0.1) is 0 Å². The molecule has 0 unspecified atom stereocenters. The molecule has 7 heteroatoms. The largest absolute Gasteiger partial charge is 0.390 e. The summed E-state index contributed by atoms with van der Waals surface area (Å²) in [5.41, 5.74) is 4.40. The van der Waals surface area contributed by atoms with Crippen molar-refractivity contribution in [3.8, 4) is 0 Å². The Morgan fingerprint density at radius 1 is 1.19 bits per heavy atom. The van der Waals surface area contributed by atoms with E-state index >= 15 is 0 Å². The van der Waals surface area contributed by atoms with E-state index in [0.717, 1.165) is 23.4 Å². The van der Waals surface area contributed by atoms with Crippen molar-refractivity contribution in [3.05, 3.63) is 41.7 Å². The van der Waals surface area contributed by atoms with E-state index in [1.807, 2.05) is 24.3 Å². The lowest BCUT2D eigenvalue weighted by Crippen LogP contribution is -2.33. The van der Waals surface area contributed by atoms with Gasteiger partial charge in [0.05, 0.1) is 18.3 Å².